The monoisotopic (exact) mass is 236 g/mol. The molecule has 0 aliphatic carbocycles. The summed E-state index contributed by atoms with van der Waals surface area (Å²) in [6, 6.07) is 6.51. The third-order valence-electron chi connectivity index (χ3n) is 2.34. The minimum atomic E-state index is -1.30. The van der Waals surface area contributed by atoms with Crippen LogP contribution in [0.5, 0.6) is 0 Å². The molecule has 0 aliphatic heterocycles. The van der Waals surface area contributed by atoms with Crippen LogP contribution in [0.3, 0.4) is 0 Å². The van der Waals surface area contributed by atoms with E-state index in [1.165, 1.54) is 30.5 Å². The smallest absolute Gasteiger partial charge is 0.339 e. The third-order valence-corrected chi connectivity index (χ3v) is 2.34. The Morgan fingerprint density at radius 3 is 2.76 bits per heavy atom. The van der Waals surface area contributed by atoms with Gasteiger partial charge in [0.1, 0.15) is 17.5 Å². The van der Waals surface area contributed by atoms with Crippen LogP contribution in [0.1, 0.15) is 27.8 Å². The van der Waals surface area contributed by atoms with Gasteiger partial charge in [-0.25, -0.2) is 9.18 Å². The number of furan rings is 1. The maximum Gasteiger partial charge on any atom is 0.339 e. The molecule has 0 spiro atoms. The molecule has 88 valence electrons. The van der Waals surface area contributed by atoms with Gasteiger partial charge in [-0.1, -0.05) is 12.1 Å². The molecule has 5 heteroatoms. The van der Waals surface area contributed by atoms with E-state index >= 15 is 0 Å². The van der Waals surface area contributed by atoms with E-state index in [9.17, 15) is 14.3 Å². The number of carboxylic acid groups (broad SMARTS) is 1. The number of aliphatic hydroxyl groups excluding tert-OH is 1. The van der Waals surface area contributed by atoms with Crippen molar-refractivity contribution in [3.05, 3.63) is 59.3 Å². The first kappa shape index (κ1) is 11.3. The van der Waals surface area contributed by atoms with Crippen molar-refractivity contribution in [1.29, 1.82) is 0 Å². The third kappa shape index (κ3) is 2.19. The number of carbonyl (C=O) groups is 1. The Balaban J connectivity index is 2.40. The molecule has 0 saturated carbocycles. The summed E-state index contributed by atoms with van der Waals surface area (Å²) >= 11 is 0. The van der Waals surface area contributed by atoms with Gasteiger partial charge in [0, 0.05) is 0 Å². The fraction of sp³-hybridized carbons (Fsp3) is 0.0833. The lowest BCUT2D eigenvalue weighted by molar-refractivity contribution is 0.0687. The number of benzene rings is 1. The lowest BCUT2D eigenvalue weighted by atomic mass is 10.0. The molecule has 0 bridgehead atoms. The topological polar surface area (TPSA) is 70.7 Å². The molecule has 1 atom stereocenters. The van der Waals surface area contributed by atoms with Crippen LogP contribution in [0, 0.1) is 5.82 Å². The van der Waals surface area contributed by atoms with E-state index in [0.717, 1.165) is 6.07 Å². The summed E-state index contributed by atoms with van der Waals surface area (Å²) < 4.78 is 17.9. The highest BCUT2D eigenvalue weighted by Crippen LogP contribution is 2.26. The van der Waals surface area contributed by atoms with Gasteiger partial charge < -0.3 is 14.6 Å². The van der Waals surface area contributed by atoms with Crippen molar-refractivity contribution in [3.63, 3.8) is 0 Å². The Labute approximate surface area is 95.9 Å². The molecule has 0 fully saturated rings. The van der Waals surface area contributed by atoms with Crippen molar-refractivity contribution in [1.82, 2.24) is 0 Å². The lowest BCUT2D eigenvalue weighted by Crippen LogP contribution is -2.05. The Hall–Kier alpha value is -2.14. The predicted octanol–water partition coefficient (Wildman–Crippen LogP) is 2.20. The van der Waals surface area contributed by atoms with Crippen molar-refractivity contribution in [2.75, 3.05) is 0 Å². The van der Waals surface area contributed by atoms with Crippen LogP contribution >= 0.6 is 0 Å². The molecular weight excluding hydrogens is 227 g/mol. The van der Waals surface area contributed by atoms with Gasteiger partial charge in [-0.15, -0.1) is 0 Å². The second kappa shape index (κ2) is 4.39. The first-order valence-electron chi connectivity index (χ1n) is 4.84. The van der Waals surface area contributed by atoms with E-state index in [1.807, 2.05) is 0 Å². The number of hydrogen-bond acceptors (Lipinski definition) is 3. The van der Waals surface area contributed by atoms with Gasteiger partial charge in [0.05, 0.1) is 6.26 Å². The zero-order chi connectivity index (χ0) is 12.4. The largest absolute Gasteiger partial charge is 0.478 e. The molecular formula is C12H9FO4. The molecule has 1 unspecified atom stereocenters. The fourth-order valence-corrected chi connectivity index (χ4v) is 1.54. The molecule has 1 heterocycles. The molecule has 2 rings (SSSR count). The zero-order valence-electron chi connectivity index (χ0n) is 8.63. The summed E-state index contributed by atoms with van der Waals surface area (Å²) in [7, 11) is 0. The second-order valence-corrected chi connectivity index (χ2v) is 3.46. The Bertz CT molecular complexity index is 547. The molecule has 1 aromatic heterocycles. The van der Waals surface area contributed by atoms with Crippen LogP contribution in [0.2, 0.25) is 0 Å². The average molecular weight is 236 g/mol. The number of aromatic carboxylic acids is 1. The summed E-state index contributed by atoms with van der Waals surface area (Å²) in [5.74, 6) is -1.82. The van der Waals surface area contributed by atoms with Crippen LogP contribution in [0.4, 0.5) is 4.39 Å². The van der Waals surface area contributed by atoms with Gasteiger partial charge in [0.2, 0.25) is 0 Å². The van der Waals surface area contributed by atoms with Crippen LogP contribution in [-0.4, -0.2) is 16.2 Å². The van der Waals surface area contributed by atoms with Crippen LogP contribution in [-0.2, 0) is 0 Å². The minimum Gasteiger partial charge on any atom is -0.478 e. The van der Waals surface area contributed by atoms with Gasteiger partial charge in [-0.3, -0.25) is 0 Å². The van der Waals surface area contributed by atoms with Crippen molar-refractivity contribution < 1.29 is 23.8 Å². The Morgan fingerprint density at radius 2 is 2.12 bits per heavy atom. The SMILES string of the molecule is O=C(O)c1ccoc1C(O)c1cccc(F)c1. The van der Waals surface area contributed by atoms with E-state index < -0.39 is 17.9 Å². The van der Waals surface area contributed by atoms with Crippen LogP contribution in [0.25, 0.3) is 0 Å². The summed E-state index contributed by atoms with van der Waals surface area (Å²) in [6.07, 6.45) is -0.131. The molecule has 1 aromatic carbocycles. The summed E-state index contributed by atoms with van der Waals surface area (Å²) in [5, 5.41) is 18.8. The molecule has 0 radical (unpaired) electrons. The van der Waals surface area contributed by atoms with Crippen molar-refractivity contribution in [2.24, 2.45) is 0 Å². The number of aliphatic hydroxyl groups is 1. The quantitative estimate of drug-likeness (QED) is 0.857. The van der Waals surface area contributed by atoms with Crippen molar-refractivity contribution in [3.8, 4) is 0 Å². The highest BCUT2D eigenvalue weighted by atomic mass is 19.1. The fourth-order valence-electron chi connectivity index (χ4n) is 1.54. The average Bonchev–Trinajstić information content (AvgIpc) is 2.77. The number of carboxylic acids is 1. The molecule has 0 aliphatic rings. The second-order valence-electron chi connectivity index (χ2n) is 3.46. The lowest BCUT2D eigenvalue weighted by Gasteiger charge is -2.09. The van der Waals surface area contributed by atoms with Gasteiger partial charge in [0.25, 0.3) is 0 Å². The molecule has 0 amide bonds. The standard InChI is InChI=1S/C12H9FO4/c13-8-3-1-2-7(6-8)10(14)11-9(12(15)16)4-5-17-11/h1-6,10,14H,(H,15,16). The summed E-state index contributed by atoms with van der Waals surface area (Å²) in [5.41, 5.74) is 0.101. The highest BCUT2D eigenvalue weighted by molar-refractivity contribution is 5.88. The van der Waals surface area contributed by atoms with E-state index in [1.54, 1.807) is 0 Å². The normalized spacial score (nSPS) is 12.4. The van der Waals surface area contributed by atoms with E-state index in [4.69, 9.17) is 9.52 Å². The van der Waals surface area contributed by atoms with Gasteiger partial charge in [0.15, 0.2) is 5.76 Å². The van der Waals surface area contributed by atoms with E-state index in [2.05, 4.69) is 0 Å². The van der Waals surface area contributed by atoms with Gasteiger partial charge >= 0.3 is 5.97 Å². The maximum absolute atomic E-state index is 13.0. The number of halogens is 1. The predicted molar refractivity (Wildman–Crippen MR) is 56.1 cm³/mol. The van der Waals surface area contributed by atoms with Crippen molar-refractivity contribution >= 4 is 5.97 Å². The number of hydrogen-bond donors (Lipinski definition) is 2. The first-order valence-corrected chi connectivity index (χ1v) is 4.84. The molecule has 17 heavy (non-hydrogen) atoms. The van der Waals surface area contributed by atoms with Gasteiger partial charge in [-0.05, 0) is 23.8 Å². The van der Waals surface area contributed by atoms with Gasteiger partial charge in [-0.2, -0.15) is 0 Å². The highest BCUT2D eigenvalue weighted by Gasteiger charge is 2.22. The molecule has 0 saturated heterocycles. The van der Waals surface area contributed by atoms with Crippen LogP contribution in [0.15, 0.2) is 41.0 Å². The first-order chi connectivity index (χ1) is 8.09. The van der Waals surface area contributed by atoms with E-state index in [-0.39, 0.29) is 16.9 Å². The number of rotatable bonds is 3. The minimum absolute atomic E-state index is 0.108. The maximum atomic E-state index is 13.0. The molecule has 4 nitrogen and oxygen atoms in total. The zero-order valence-corrected chi connectivity index (χ0v) is 8.63. The Kier molecular flexibility index (Phi) is 2.93. The van der Waals surface area contributed by atoms with Crippen LogP contribution < -0.4 is 0 Å². The summed E-state index contributed by atoms with van der Waals surface area (Å²) in [6.45, 7) is 0. The summed E-state index contributed by atoms with van der Waals surface area (Å²) in [4.78, 5) is 10.8. The Morgan fingerprint density at radius 1 is 1.35 bits per heavy atom. The van der Waals surface area contributed by atoms with Crippen molar-refractivity contribution in [2.45, 2.75) is 6.10 Å². The van der Waals surface area contributed by atoms with E-state index in [0.29, 0.717) is 0 Å². The molecule has 2 N–H and O–H groups in total. The molecule has 2 aromatic rings.